The molecule has 92 valence electrons. The molecule has 0 bridgehead atoms. The molecule has 0 saturated heterocycles. The van der Waals surface area contributed by atoms with Crippen molar-refractivity contribution in [2.75, 3.05) is 7.05 Å². The molecule has 1 rings (SSSR count). The molecule has 0 aromatic heterocycles. The van der Waals surface area contributed by atoms with Crippen LogP contribution in [0.5, 0.6) is 0 Å². The summed E-state index contributed by atoms with van der Waals surface area (Å²) < 4.78 is 0. The van der Waals surface area contributed by atoms with Gasteiger partial charge in [0.2, 0.25) is 0 Å². The zero-order valence-electron chi connectivity index (χ0n) is 10.3. The molecule has 4 nitrogen and oxygen atoms in total. The van der Waals surface area contributed by atoms with Crippen LogP contribution in [0.2, 0.25) is 0 Å². The van der Waals surface area contributed by atoms with Gasteiger partial charge >= 0.3 is 0 Å². The maximum atomic E-state index is 11.3. The van der Waals surface area contributed by atoms with Crippen LogP contribution < -0.4 is 11.1 Å². The maximum absolute atomic E-state index is 11.3. The highest BCUT2D eigenvalue weighted by molar-refractivity contribution is 5.81. The molecule has 17 heavy (non-hydrogen) atoms. The fourth-order valence-electron chi connectivity index (χ4n) is 1.70. The van der Waals surface area contributed by atoms with Gasteiger partial charge in [-0.05, 0) is 31.5 Å². The topological polar surface area (TPSA) is 79.0 Å². The largest absolute Gasteiger partial charge is 0.387 e. The van der Waals surface area contributed by atoms with Crippen LogP contribution in [-0.4, -0.2) is 24.7 Å². The van der Waals surface area contributed by atoms with Crippen LogP contribution in [-0.2, 0) is 17.6 Å². The normalized spacial score (nSPS) is 12.1. The summed E-state index contributed by atoms with van der Waals surface area (Å²) in [4.78, 5) is 11.3. The molecule has 1 atom stereocenters. The molecular weight excluding hydrogens is 214 g/mol. The van der Waals surface area contributed by atoms with Crippen molar-refractivity contribution in [3.05, 3.63) is 35.4 Å². The van der Waals surface area contributed by atoms with E-state index in [4.69, 9.17) is 11.1 Å². The SMILES string of the molecule is CN[C@@H](Cc1ccc(CC(=N)N)cc1)C(C)=O. The van der Waals surface area contributed by atoms with Gasteiger partial charge in [0.1, 0.15) is 5.78 Å². The Balaban J connectivity index is 2.67. The molecule has 4 N–H and O–H groups in total. The van der Waals surface area contributed by atoms with E-state index >= 15 is 0 Å². The molecule has 0 fully saturated rings. The number of nitrogens with one attached hydrogen (secondary N) is 2. The number of nitrogens with two attached hydrogens (primary N) is 1. The molecule has 1 aromatic rings. The number of hydrogen-bond donors (Lipinski definition) is 3. The standard InChI is InChI=1S/C13H19N3O/c1-9(17)12(16-2)7-10-3-5-11(6-4-10)8-13(14)15/h3-6,12,16H,7-8H2,1-2H3,(H3,14,15)/t12-/m0/s1. The smallest absolute Gasteiger partial charge is 0.147 e. The van der Waals surface area contributed by atoms with Crippen LogP contribution in [0.3, 0.4) is 0 Å². The maximum Gasteiger partial charge on any atom is 0.147 e. The van der Waals surface area contributed by atoms with Crippen LogP contribution in [0, 0.1) is 5.41 Å². The van der Waals surface area contributed by atoms with E-state index in [1.54, 1.807) is 14.0 Å². The Morgan fingerprint density at radius 3 is 2.29 bits per heavy atom. The van der Waals surface area contributed by atoms with Crippen molar-refractivity contribution in [3.8, 4) is 0 Å². The van der Waals surface area contributed by atoms with Crippen LogP contribution in [0.25, 0.3) is 0 Å². The van der Waals surface area contributed by atoms with E-state index in [1.165, 1.54) is 0 Å². The van der Waals surface area contributed by atoms with Crippen LogP contribution in [0.1, 0.15) is 18.1 Å². The average Bonchev–Trinajstić information content (AvgIpc) is 2.26. The molecule has 1 aromatic carbocycles. The van der Waals surface area contributed by atoms with Gasteiger partial charge in [-0.25, -0.2) is 0 Å². The van der Waals surface area contributed by atoms with E-state index in [-0.39, 0.29) is 17.7 Å². The highest BCUT2D eigenvalue weighted by Gasteiger charge is 2.11. The van der Waals surface area contributed by atoms with E-state index in [9.17, 15) is 4.79 Å². The highest BCUT2D eigenvalue weighted by Crippen LogP contribution is 2.08. The lowest BCUT2D eigenvalue weighted by Crippen LogP contribution is -2.34. The first-order valence-electron chi connectivity index (χ1n) is 5.61. The van der Waals surface area contributed by atoms with Gasteiger partial charge < -0.3 is 11.1 Å². The Morgan fingerprint density at radius 1 is 1.35 bits per heavy atom. The molecule has 4 heteroatoms. The van der Waals surface area contributed by atoms with Crippen LogP contribution in [0.4, 0.5) is 0 Å². The Morgan fingerprint density at radius 2 is 1.88 bits per heavy atom. The third kappa shape index (κ3) is 4.36. The lowest BCUT2D eigenvalue weighted by Gasteiger charge is -2.12. The summed E-state index contributed by atoms with van der Waals surface area (Å²) in [6.07, 6.45) is 1.16. The Labute approximate surface area is 102 Å². The summed E-state index contributed by atoms with van der Waals surface area (Å²) >= 11 is 0. The van der Waals surface area contributed by atoms with E-state index in [0.717, 1.165) is 11.1 Å². The number of benzene rings is 1. The zero-order valence-corrected chi connectivity index (χ0v) is 10.3. The molecular formula is C13H19N3O. The van der Waals surface area contributed by atoms with Gasteiger partial charge in [0, 0.05) is 6.42 Å². The average molecular weight is 233 g/mol. The minimum Gasteiger partial charge on any atom is -0.387 e. The fraction of sp³-hybridized carbons (Fsp3) is 0.385. The van der Waals surface area contributed by atoms with Crippen molar-refractivity contribution in [1.82, 2.24) is 5.32 Å². The number of amidine groups is 1. The fourth-order valence-corrected chi connectivity index (χ4v) is 1.70. The number of Topliss-reactive ketones (excluding diaryl/α,β-unsaturated/α-hetero) is 1. The van der Waals surface area contributed by atoms with Crippen molar-refractivity contribution < 1.29 is 4.79 Å². The predicted octanol–water partition coefficient (Wildman–Crippen LogP) is 0.885. The van der Waals surface area contributed by atoms with E-state index in [2.05, 4.69) is 5.32 Å². The van der Waals surface area contributed by atoms with Crippen molar-refractivity contribution in [2.24, 2.45) is 5.73 Å². The van der Waals surface area contributed by atoms with Gasteiger partial charge in [-0.3, -0.25) is 10.2 Å². The molecule has 0 saturated carbocycles. The van der Waals surface area contributed by atoms with E-state index < -0.39 is 0 Å². The predicted molar refractivity (Wildman–Crippen MR) is 69.3 cm³/mol. The van der Waals surface area contributed by atoms with Gasteiger partial charge in [0.25, 0.3) is 0 Å². The first kappa shape index (κ1) is 13.4. The number of rotatable bonds is 6. The second kappa shape index (κ2) is 6.15. The molecule has 0 aliphatic heterocycles. The quantitative estimate of drug-likeness (QED) is 0.504. The Kier molecular flexibility index (Phi) is 4.84. The number of likely N-dealkylation sites (N-methyl/N-ethyl adjacent to an activating group) is 1. The van der Waals surface area contributed by atoms with Crippen molar-refractivity contribution >= 4 is 11.6 Å². The van der Waals surface area contributed by atoms with Gasteiger partial charge in [0.15, 0.2) is 0 Å². The Hall–Kier alpha value is -1.68. The molecule has 0 aliphatic carbocycles. The van der Waals surface area contributed by atoms with E-state index in [0.29, 0.717) is 12.8 Å². The minimum absolute atomic E-state index is 0.131. The van der Waals surface area contributed by atoms with Gasteiger partial charge in [0.05, 0.1) is 11.9 Å². The third-order valence-electron chi connectivity index (χ3n) is 2.70. The van der Waals surface area contributed by atoms with Gasteiger partial charge in [-0.1, -0.05) is 24.3 Å². The molecule has 0 aliphatic rings. The second-order valence-electron chi connectivity index (χ2n) is 4.17. The second-order valence-corrected chi connectivity index (χ2v) is 4.17. The van der Waals surface area contributed by atoms with Crippen molar-refractivity contribution in [3.63, 3.8) is 0 Å². The summed E-state index contributed by atoms with van der Waals surface area (Å²) in [6, 6.07) is 7.72. The summed E-state index contributed by atoms with van der Waals surface area (Å²) in [7, 11) is 1.79. The monoisotopic (exact) mass is 233 g/mol. The Bertz CT molecular complexity index is 398. The summed E-state index contributed by atoms with van der Waals surface area (Å²) in [5, 5.41) is 10.2. The number of hydrogen-bond acceptors (Lipinski definition) is 3. The lowest BCUT2D eigenvalue weighted by molar-refractivity contribution is -0.118. The number of ketones is 1. The summed E-state index contributed by atoms with van der Waals surface area (Å²) in [5.41, 5.74) is 7.46. The molecule has 0 amide bonds. The minimum atomic E-state index is -0.131. The summed E-state index contributed by atoms with van der Waals surface area (Å²) in [6.45, 7) is 1.59. The zero-order chi connectivity index (χ0) is 12.8. The highest BCUT2D eigenvalue weighted by atomic mass is 16.1. The molecule has 0 heterocycles. The van der Waals surface area contributed by atoms with Gasteiger partial charge in [-0.2, -0.15) is 0 Å². The van der Waals surface area contributed by atoms with Crippen LogP contribution >= 0.6 is 0 Å². The van der Waals surface area contributed by atoms with Crippen LogP contribution in [0.15, 0.2) is 24.3 Å². The van der Waals surface area contributed by atoms with Crippen molar-refractivity contribution in [1.29, 1.82) is 5.41 Å². The molecule has 0 unspecified atom stereocenters. The van der Waals surface area contributed by atoms with E-state index in [1.807, 2.05) is 24.3 Å². The first-order chi connectivity index (χ1) is 8.02. The molecule has 0 radical (unpaired) electrons. The van der Waals surface area contributed by atoms with Gasteiger partial charge in [-0.15, -0.1) is 0 Å². The first-order valence-corrected chi connectivity index (χ1v) is 5.61. The number of carbonyl (C=O) groups excluding carboxylic acids is 1. The third-order valence-corrected chi connectivity index (χ3v) is 2.70. The number of carbonyl (C=O) groups is 1. The lowest BCUT2D eigenvalue weighted by atomic mass is 10.0. The summed E-state index contributed by atoms with van der Waals surface area (Å²) in [5.74, 6) is 0.301. The molecule has 0 spiro atoms. The van der Waals surface area contributed by atoms with Crippen molar-refractivity contribution in [2.45, 2.75) is 25.8 Å².